The van der Waals surface area contributed by atoms with Crippen molar-refractivity contribution in [2.45, 2.75) is 11.8 Å². The number of hydrogen-bond acceptors (Lipinski definition) is 4. The molecule has 20 heavy (non-hydrogen) atoms. The van der Waals surface area contributed by atoms with Gasteiger partial charge in [-0.2, -0.15) is 13.5 Å². The fourth-order valence-electron chi connectivity index (χ4n) is 1.42. The van der Waals surface area contributed by atoms with Gasteiger partial charge in [0.1, 0.15) is 0 Å². The molecular formula is C13H12ClN3O2S. The molecular weight excluding hydrogens is 298 g/mol. The molecule has 0 unspecified atom stereocenters. The Morgan fingerprint density at radius 1 is 1.25 bits per heavy atom. The van der Waals surface area contributed by atoms with E-state index in [1.165, 1.54) is 24.5 Å². The van der Waals surface area contributed by atoms with E-state index in [1.54, 1.807) is 24.3 Å². The Hall–Kier alpha value is -1.92. The number of aryl methyl sites for hydroxylation is 1. The highest BCUT2D eigenvalue weighted by atomic mass is 35.5. The van der Waals surface area contributed by atoms with Gasteiger partial charge in [0.05, 0.1) is 16.8 Å². The average molecular weight is 310 g/mol. The summed E-state index contributed by atoms with van der Waals surface area (Å²) in [6.45, 7) is 1.88. The molecule has 7 heteroatoms. The summed E-state index contributed by atoms with van der Waals surface area (Å²) in [5.41, 5.74) is 1.44. The lowest BCUT2D eigenvalue weighted by Crippen LogP contribution is -2.18. The predicted octanol–water partition coefficient (Wildman–Crippen LogP) is 2.36. The van der Waals surface area contributed by atoms with Crippen LogP contribution in [0.1, 0.15) is 11.3 Å². The fourth-order valence-corrected chi connectivity index (χ4v) is 2.38. The summed E-state index contributed by atoms with van der Waals surface area (Å²) in [6, 6.07) is 9.67. The van der Waals surface area contributed by atoms with E-state index in [0.29, 0.717) is 10.7 Å². The molecule has 0 saturated heterocycles. The maximum atomic E-state index is 11.9. The molecule has 1 heterocycles. The number of sulfonamides is 1. The van der Waals surface area contributed by atoms with Gasteiger partial charge in [-0.3, -0.25) is 4.98 Å². The van der Waals surface area contributed by atoms with E-state index in [2.05, 4.69) is 14.9 Å². The van der Waals surface area contributed by atoms with Crippen molar-refractivity contribution in [1.29, 1.82) is 0 Å². The van der Waals surface area contributed by atoms with Gasteiger partial charge >= 0.3 is 0 Å². The predicted molar refractivity (Wildman–Crippen MR) is 78.3 cm³/mol. The quantitative estimate of drug-likeness (QED) is 0.696. The van der Waals surface area contributed by atoms with Crippen LogP contribution in [0, 0.1) is 6.92 Å². The van der Waals surface area contributed by atoms with Gasteiger partial charge in [-0.05, 0) is 31.2 Å². The second-order valence-corrected chi connectivity index (χ2v) is 6.16. The summed E-state index contributed by atoms with van der Waals surface area (Å²) in [5.74, 6) is 0. The zero-order valence-corrected chi connectivity index (χ0v) is 12.2. The highest BCUT2D eigenvalue weighted by molar-refractivity contribution is 7.89. The smallest absolute Gasteiger partial charge is 0.255 e. The number of pyridine rings is 1. The molecule has 0 aliphatic heterocycles. The third-order valence-electron chi connectivity index (χ3n) is 2.44. The van der Waals surface area contributed by atoms with Crippen LogP contribution in [0.3, 0.4) is 0 Å². The van der Waals surface area contributed by atoms with Crippen LogP contribution in [-0.4, -0.2) is 19.6 Å². The Kier molecular flexibility index (Phi) is 4.36. The van der Waals surface area contributed by atoms with Gasteiger partial charge < -0.3 is 0 Å². The molecule has 0 aliphatic rings. The normalized spacial score (nSPS) is 11.7. The van der Waals surface area contributed by atoms with Crippen molar-refractivity contribution in [3.8, 4) is 0 Å². The van der Waals surface area contributed by atoms with Crippen molar-refractivity contribution in [3.05, 3.63) is 58.9 Å². The van der Waals surface area contributed by atoms with Crippen LogP contribution in [0.25, 0.3) is 0 Å². The van der Waals surface area contributed by atoms with Crippen LogP contribution in [0.2, 0.25) is 5.02 Å². The second kappa shape index (κ2) is 6.02. The van der Waals surface area contributed by atoms with Crippen molar-refractivity contribution >= 4 is 27.8 Å². The lowest BCUT2D eigenvalue weighted by atomic mass is 10.2. The lowest BCUT2D eigenvalue weighted by Gasteiger charge is -2.03. The molecule has 2 rings (SSSR count). The van der Waals surface area contributed by atoms with Crippen LogP contribution >= 0.6 is 11.6 Å². The molecule has 1 aromatic carbocycles. The van der Waals surface area contributed by atoms with Gasteiger partial charge in [-0.15, -0.1) is 0 Å². The monoisotopic (exact) mass is 309 g/mol. The first kappa shape index (κ1) is 14.5. The van der Waals surface area contributed by atoms with Crippen LogP contribution in [0.4, 0.5) is 0 Å². The summed E-state index contributed by atoms with van der Waals surface area (Å²) in [7, 11) is -3.67. The van der Waals surface area contributed by atoms with E-state index >= 15 is 0 Å². The molecule has 0 fully saturated rings. The fraction of sp³-hybridized carbons (Fsp3) is 0.0769. The van der Waals surface area contributed by atoms with Crippen molar-refractivity contribution in [2.75, 3.05) is 0 Å². The van der Waals surface area contributed by atoms with Crippen LogP contribution in [0.15, 0.2) is 52.6 Å². The standard InChI is InChI=1S/C13H12ClN3O2S/c1-10-2-4-13(5-3-10)20(18,19)17-16-9-12-8-11(14)6-7-15-12/h2-9,17H,1H3/b16-9+. The van der Waals surface area contributed by atoms with Crippen molar-refractivity contribution < 1.29 is 8.42 Å². The van der Waals surface area contributed by atoms with Crippen LogP contribution in [-0.2, 0) is 10.0 Å². The Bertz CT molecular complexity index is 728. The number of aromatic nitrogens is 1. The Labute approximate surface area is 122 Å². The number of nitrogens with one attached hydrogen (secondary N) is 1. The summed E-state index contributed by atoms with van der Waals surface area (Å²) in [6.07, 6.45) is 2.80. The molecule has 0 saturated carbocycles. The minimum Gasteiger partial charge on any atom is -0.255 e. The summed E-state index contributed by atoms with van der Waals surface area (Å²) in [4.78, 5) is 6.25. The molecule has 104 valence electrons. The highest BCUT2D eigenvalue weighted by Crippen LogP contribution is 2.10. The van der Waals surface area contributed by atoms with Gasteiger partial charge in [-0.25, -0.2) is 4.83 Å². The highest BCUT2D eigenvalue weighted by Gasteiger charge is 2.11. The first-order chi connectivity index (χ1) is 9.47. The molecule has 1 N–H and O–H groups in total. The maximum Gasteiger partial charge on any atom is 0.276 e. The average Bonchev–Trinajstić information content (AvgIpc) is 2.39. The first-order valence-corrected chi connectivity index (χ1v) is 7.56. The number of rotatable bonds is 4. The molecule has 0 atom stereocenters. The Morgan fingerprint density at radius 3 is 2.60 bits per heavy atom. The molecule has 0 aliphatic carbocycles. The van der Waals surface area contributed by atoms with Gasteiger partial charge in [0.25, 0.3) is 10.0 Å². The Balaban J connectivity index is 2.11. The molecule has 0 radical (unpaired) electrons. The number of benzene rings is 1. The van der Waals surface area contributed by atoms with Crippen molar-refractivity contribution in [2.24, 2.45) is 5.10 Å². The molecule has 1 aromatic heterocycles. The largest absolute Gasteiger partial charge is 0.276 e. The summed E-state index contributed by atoms with van der Waals surface area (Å²) in [5, 5.41) is 4.17. The summed E-state index contributed by atoms with van der Waals surface area (Å²) >= 11 is 5.78. The third kappa shape index (κ3) is 3.79. The van der Waals surface area contributed by atoms with Gasteiger partial charge in [-0.1, -0.05) is 29.3 Å². The van der Waals surface area contributed by atoms with E-state index in [-0.39, 0.29) is 4.90 Å². The molecule has 5 nitrogen and oxygen atoms in total. The maximum absolute atomic E-state index is 11.9. The molecule has 0 bridgehead atoms. The van der Waals surface area contributed by atoms with E-state index in [4.69, 9.17) is 11.6 Å². The first-order valence-electron chi connectivity index (χ1n) is 5.70. The number of nitrogens with zero attached hydrogens (tertiary/aromatic N) is 2. The van der Waals surface area contributed by atoms with E-state index in [1.807, 2.05) is 6.92 Å². The Morgan fingerprint density at radius 2 is 1.95 bits per heavy atom. The third-order valence-corrected chi connectivity index (χ3v) is 3.92. The number of halogens is 1. The van der Waals surface area contributed by atoms with Gasteiger partial charge in [0.2, 0.25) is 0 Å². The number of hydrogen-bond donors (Lipinski definition) is 1. The molecule has 0 spiro atoms. The van der Waals surface area contributed by atoms with Gasteiger partial charge in [0, 0.05) is 11.2 Å². The summed E-state index contributed by atoms with van der Waals surface area (Å²) < 4.78 is 23.9. The van der Waals surface area contributed by atoms with Crippen LogP contribution in [0.5, 0.6) is 0 Å². The van der Waals surface area contributed by atoms with Crippen molar-refractivity contribution in [1.82, 2.24) is 9.82 Å². The zero-order chi connectivity index (χ0) is 14.6. The van der Waals surface area contributed by atoms with E-state index in [0.717, 1.165) is 5.56 Å². The second-order valence-electron chi connectivity index (χ2n) is 4.06. The molecule has 2 aromatic rings. The zero-order valence-electron chi connectivity index (χ0n) is 10.6. The lowest BCUT2D eigenvalue weighted by molar-refractivity contribution is 0.584. The number of hydrazone groups is 1. The van der Waals surface area contributed by atoms with Crippen LogP contribution < -0.4 is 4.83 Å². The topological polar surface area (TPSA) is 71.4 Å². The van der Waals surface area contributed by atoms with Gasteiger partial charge in [0.15, 0.2) is 0 Å². The SMILES string of the molecule is Cc1ccc(S(=O)(=O)N/N=C/c2cc(Cl)ccn2)cc1. The molecule has 0 amide bonds. The van der Waals surface area contributed by atoms with E-state index in [9.17, 15) is 8.42 Å². The minimum absolute atomic E-state index is 0.152. The van der Waals surface area contributed by atoms with E-state index < -0.39 is 10.0 Å². The van der Waals surface area contributed by atoms with Crippen molar-refractivity contribution in [3.63, 3.8) is 0 Å². The minimum atomic E-state index is -3.67.